The summed E-state index contributed by atoms with van der Waals surface area (Å²) in [5.41, 5.74) is 2.39. The van der Waals surface area contributed by atoms with Crippen molar-refractivity contribution in [3.05, 3.63) is 21.6 Å². The van der Waals surface area contributed by atoms with Crippen LogP contribution in [-0.2, 0) is 19.4 Å². The Morgan fingerprint density at radius 3 is 2.38 bits per heavy atom. The van der Waals surface area contributed by atoms with Crippen molar-refractivity contribution in [2.24, 2.45) is 0 Å². The van der Waals surface area contributed by atoms with Crippen molar-refractivity contribution in [3.63, 3.8) is 0 Å². The van der Waals surface area contributed by atoms with E-state index in [2.05, 4.69) is 25.9 Å². The van der Waals surface area contributed by atoms with Crippen LogP contribution in [0.3, 0.4) is 0 Å². The number of unbranched alkanes of at least 4 members (excludes halogenated alkanes) is 1. The highest BCUT2D eigenvalue weighted by Gasteiger charge is 2.12. The molecule has 1 aromatic heterocycles. The van der Waals surface area contributed by atoms with E-state index in [9.17, 15) is 4.79 Å². The fraction of sp³-hybridized carbons (Fsp3) is 0.769. The lowest BCUT2D eigenvalue weighted by atomic mass is 10.1. The molecule has 0 saturated heterocycles. The third-order valence-electron chi connectivity index (χ3n) is 2.87. The highest BCUT2D eigenvalue weighted by molar-refractivity contribution is 5.17. The Morgan fingerprint density at radius 2 is 1.81 bits per heavy atom. The van der Waals surface area contributed by atoms with Crippen LogP contribution in [0.2, 0.25) is 0 Å². The number of rotatable bonds is 7. The van der Waals surface area contributed by atoms with Crippen LogP contribution in [0.5, 0.6) is 0 Å². The molecular weight excluding hydrogens is 200 g/mol. The first kappa shape index (κ1) is 13.1. The Kier molecular flexibility index (Phi) is 5.36. The second kappa shape index (κ2) is 6.56. The summed E-state index contributed by atoms with van der Waals surface area (Å²) in [5, 5.41) is 3.26. The number of H-pyrrole nitrogens is 1. The van der Waals surface area contributed by atoms with Crippen LogP contribution < -0.4 is 5.56 Å². The molecule has 16 heavy (non-hydrogen) atoms. The number of aromatic amines is 1. The predicted octanol–water partition coefficient (Wildman–Crippen LogP) is 2.88. The summed E-state index contributed by atoms with van der Waals surface area (Å²) >= 11 is 0. The maximum absolute atomic E-state index is 12.1. The zero-order valence-corrected chi connectivity index (χ0v) is 10.8. The van der Waals surface area contributed by atoms with Gasteiger partial charge >= 0.3 is 0 Å². The fourth-order valence-electron chi connectivity index (χ4n) is 2.02. The molecule has 3 nitrogen and oxygen atoms in total. The minimum Gasteiger partial charge on any atom is -0.299 e. The Morgan fingerprint density at radius 1 is 1.06 bits per heavy atom. The number of aryl methyl sites for hydroxylation is 2. The van der Waals surface area contributed by atoms with Crippen molar-refractivity contribution in [2.45, 2.75) is 65.8 Å². The van der Waals surface area contributed by atoms with Crippen LogP contribution in [0.15, 0.2) is 4.79 Å². The lowest BCUT2D eigenvalue weighted by Gasteiger charge is -1.99. The van der Waals surface area contributed by atoms with Gasteiger partial charge in [0.1, 0.15) is 0 Å². The first-order valence-corrected chi connectivity index (χ1v) is 6.55. The first-order chi connectivity index (χ1) is 7.74. The van der Waals surface area contributed by atoms with Crippen molar-refractivity contribution >= 4 is 0 Å². The van der Waals surface area contributed by atoms with Crippen molar-refractivity contribution in [1.29, 1.82) is 0 Å². The second-order valence-electron chi connectivity index (χ2n) is 4.38. The van der Waals surface area contributed by atoms with Gasteiger partial charge in [-0.15, -0.1) is 0 Å². The summed E-state index contributed by atoms with van der Waals surface area (Å²) in [6.07, 6.45) is 6.26. The Labute approximate surface area is 97.8 Å². The SMILES string of the molecule is CCCCc1c(CCC)[nH]n(CCC)c1=O. The quantitative estimate of drug-likeness (QED) is 0.759. The van der Waals surface area contributed by atoms with Crippen LogP contribution in [-0.4, -0.2) is 9.78 Å². The van der Waals surface area contributed by atoms with Crippen LogP contribution in [0.1, 0.15) is 57.7 Å². The van der Waals surface area contributed by atoms with Gasteiger partial charge in [-0.05, 0) is 25.7 Å². The van der Waals surface area contributed by atoms with Crippen molar-refractivity contribution < 1.29 is 0 Å². The average molecular weight is 224 g/mol. The van der Waals surface area contributed by atoms with Gasteiger partial charge < -0.3 is 0 Å². The Bertz CT molecular complexity index is 362. The Balaban J connectivity index is 2.95. The largest absolute Gasteiger partial charge is 0.299 e. The summed E-state index contributed by atoms with van der Waals surface area (Å²) in [6, 6.07) is 0. The molecule has 0 amide bonds. The predicted molar refractivity (Wildman–Crippen MR) is 68.0 cm³/mol. The molecule has 0 aliphatic carbocycles. The highest BCUT2D eigenvalue weighted by Crippen LogP contribution is 2.08. The van der Waals surface area contributed by atoms with Gasteiger partial charge in [0.25, 0.3) is 5.56 Å². The molecule has 1 N–H and O–H groups in total. The van der Waals surface area contributed by atoms with E-state index in [4.69, 9.17) is 0 Å². The van der Waals surface area contributed by atoms with Gasteiger partial charge in [0.15, 0.2) is 0 Å². The average Bonchev–Trinajstić information content (AvgIpc) is 2.55. The molecule has 1 heterocycles. The molecular formula is C13H24N2O. The highest BCUT2D eigenvalue weighted by atomic mass is 16.1. The molecule has 0 bridgehead atoms. The van der Waals surface area contributed by atoms with Gasteiger partial charge in [-0.3, -0.25) is 14.6 Å². The van der Waals surface area contributed by atoms with Gasteiger partial charge in [-0.2, -0.15) is 0 Å². The molecule has 0 spiro atoms. The maximum atomic E-state index is 12.1. The zero-order valence-electron chi connectivity index (χ0n) is 10.8. The molecule has 0 atom stereocenters. The van der Waals surface area contributed by atoms with E-state index in [1.54, 1.807) is 4.68 Å². The van der Waals surface area contributed by atoms with Gasteiger partial charge in [0.2, 0.25) is 0 Å². The molecule has 0 unspecified atom stereocenters. The van der Waals surface area contributed by atoms with Gasteiger partial charge in [0, 0.05) is 17.8 Å². The van der Waals surface area contributed by atoms with Crippen LogP contribution >= 0.6 is 0 Å². The molecule has 1 aromatic rings. The van der Waals surface area contributed by atoms with Gasteiger partial charge in [-0.25, -0.2) is 0 Å². The summed E-state index contributed by atoms with van der Waals surface area (Å²) < 4.78 is 1.77. The first-order valence-electron chi connectivity index (χ1n) is 6.55. The standard InChI is InChI=1S/C13H24N2O/c1-4-7-9-11-12(8-5-2)14-15(10-6-3)13(11)16/h14H,4-10H2,1-3H3. The molecule has 0 aromatic carbocycles. The number of nitrogens with zero attached hydrogens (tertiary/aromatic N) is 1. The molecule has 0 aliphatic heterocycles. The van der Waals surface area contributed by atoms with Crippen molar-refractivity contribution in [1.82, 2.24) is 9.78 Å². The van der Waals surface area contributed by atoms with E-state index in [0.717, 1.165) is 56.3 Å². The molecule has 3 heteroatoms. The molecule has 0 saturated carbocycles. The van der Waals surface area contributed by atoms with Gasteiger partial charge in [0.05, 0.1) is 0 Å². The Hall–Kier alpha value is -0.990. The summed E-state index contributed by atoms with van der Waals surface area (Å²) in [4.78, 5) is 12.1. The van der Waals surface area contributed by atoms with Crippen LogP contribution in [0.4, 0.5) is 0 Å². The lowest BCUT2D eigenvalue weighted by molar-refractivity contribution is 0.576. The number of hydrogen-bond donors (Lipinski definition) is 1. The molecule has 0 aliphatic rings. The van der Waals surface area contributed by atoms with Crippen molar-refractivity contribution in [3.8, 4) is 0 Å². The monoisotopic (exact) mass is 224 g/mol. The number of hydrogen-bond acceptors (Lipinski definition) is 1. The number of aromatic nitrogens is 2. The van der Waals surface area contributed by atoms with Crippen molar-refractivity contribution in [2.75, 3.05) is 0 Å². The third-order valence-corrected chi connectivity index (χ3v) is 2.87. The number of nitrogens with one attached hydrogen (secondary N) is 1. The summed E-state index contributed by atoms with van der Waals surface area (Å²) in [6.45, 7) is 7.22. The fourth-order valence-corrected chi connectivity index (χ4v) is 2.02. The van der Waals surface area contributed by atoms with Crippen LogP contribution in [0, 0.1) is 0 Å². The van der Waals surface area contributed by atoms with E-state index in [1.165, 1.54) is 0 Å². The van der Waals surface area contributed by atoms with E-state index in [1.807, 2.05) is 0 Å². The topological polar surface area (TPSA) is 37.8 Å². The van der Waals surface area contributed by atoms with Crippen LogP contribution in [0.25, 0.3) is 0 Å². The zero-order chi connectivity index (χ0) is 12.0. The lowest BCUT2D eigenvalue weighted by Crippen LogP contribution is -2.18. The molecule has 92 valence electrons. The van der Waals surface area contributed by atoms with E-state index in [0.29, 0.717) is 0 Å². The summed E-state index contributed by atoms with van der Waals surface area (Å²) in [5.74, 6) is 0. The summed E-state index contributed by atoms with van der Waals surface area (Å²) in [7, 11) is 0. The smallest absolute Gasteiger partial charge is 0.269 e. The molecule has 0 radical (unpaired) electrons. The minimum atomic E-state index is 0.207. The minimum absolute atomic E-state index is 0.207. The van der Waals surface area contributed by atoms with E-state index in [-0.39, 0.29) is 5.56 Å². The maximum Gasteiger partial charge on any atom is 0.269 e. The normalized spacial score (nSPS) is 10.9. The molecule has 0 fully saturated rings. The van der Waals surface area contributed by atoms with Gasteiger partial charge in [-0.1, -0.05) is 33.6 Å². The molecule has 1 rings (SSSR count). The van der Waals surface area contributed by atoms with E-state index < -0.39 is 0 Å². The third kappa shape index (κ3) is 3.00. The second-order valence-corrected chi connectivity index (χ2v) is 4.38. The van der Waals surface area contributed by atoms with E-state index >= 15 is 0 Å².